The first-order chi connectivity index (χ1) is 16.9. The number of nitrogens with zero attached hydrogens (tertiary/aromatic N) is 7. The molecule has 172 valence electrons. The van der Waals surface area contributed by atoms with E-state index in [1.165, 1.54) is 4.52 Å². The van der Waals surface area contributed by atoms with Gasteiger partial charge in [0.25, 0.3) is 0 Å². The van der Waals surface area contributed by atoms with Gasteiger partial charge < -0.3 is 11.1 Å². The molecule has 0 aliphatic carbocycles. The molecule has 4 heterocycles. The van der Waals surface area contributed by atoms with Crippen molar-refractivity contribution in [2.75, 3.05) is 11.1 Å². The van der Waals surface area contributed by atoms with Gasteiger partial charge >= 0.3 is 0 Å². The number of fused-ring (bicyclic) bond motifs is 1. The van der Waals surface area contributed by atoms with Gasteiger partial charge in [-0.15, -0.1) is 5.10 Å². The molecule has 35 heavy (non-hydrogen) atoms. The van der Waals surface area contributed by atoms with Gasteiger partial charge in [0.05, 0.1) is 35.1 Å². The predicted molar refractivity (Wildman–Crippen MR) is 134 cm³/mol. The Labute approximate surface area is 202 Å². The maximum absolute atomic E-state index is 9.75. The van der Waals surface area contributed by atoms with Crippen LogP contribution < -0.4 is 11.1 Å². The van der Waals surface area contributed by atoms with E-state index in [9.17, 15) is 5.26 Å². The number of nitrogens with one attached hydrogen (secondary N) is 1. The summed E-state index contributed by atoms with van der Waals surface area (Å²) < 4.78 is 1.52. The third kappa shape index (κ3) is 4.25. The summed E-state index contributed by atoms with van der Waals surface area (Å²) in [6.07, 6.45) is 0. The van der Waals surface area contributed by atoms with E-state index in [1.807, 2.05) is 69.3 Å². The molecule has 3 N–H and O–H groups in total. The van der Waals surface area contributed by atoms with Crippen LogP contribution in [0.2, 0.25) is 0 Å². The number of nitrogen functional groups attached to an aromatic ring is 1. The summed E-state index contributed by atoms with van der Waals surface area (Å²) in [4.78, 5) is 18.5. The van der Waals surface area contributed by atoms with Gasteiger partial charge in [0.2, 0.25) is 11.9 Å². The first-order valence-corrected chi connectivity index (χ1v) is 11.1. The summed E-state index contributed by atoms with van der Waals surface area (Å²) in [5.41, 5.74) is 13.7. The average Bonchev–Trinajstić information content (AvgIpc) is 3.27. The van der Waals surface area contributed by atoms with Crippen LogP contribution in [0.1, 0.15) is 28.3 Å². The second-order valence-corrected chi connectivity index (χ2v) is 8.28. The minimum Gasteiger partial charge on any atom is -0.368 e. The van der Waals surface area contributed by atoms with Crippen LogP contribution in [0, 0.1) is 32.1 Å². The monoisotopic (exact) mass is 461 g/mol. The van der Waals surface area contributed by atoms with E-state index in [0.29, 0.717) is 35.0 Å². The van der Waals surface area contributed by atoms with Gasteiger partial charge in [0.15, 0.2) is 5.65 Å². The summed E-state index contributed by atoms with van der Waals surface area (Å²) in [5.74, 6) is 0.569. The zero-order valence-electron chi connectivity index (χ0n) is 19.6. The minimum atomic E-state index is 0.170. The molecule has 9 heteroatoms. The van der Waals surface area contributed by atoms with E-state index in [-0.39, 0.29) is 5.95 Å². The third-order valence-electron chi connectivity index (χ3n) is 5.56. The van der Waals surface area contributed by atoms with E-state index >= 15 is 0 Å². The van der Waals surface area contributed by atoms with Crippen molar-refractivity contribution in [1.82, 2.24) is 29.5 Å². The van der Waals surface area contributed by atoms with Crippen molar-refractivity contribution >= 4 is 17.5 Å². The molecule has 0 atom stereocenters. The highest BCUT2D eigenvalue weighted by Gasteiger charge is 2.22. The molecule has 0 amide bonds. The van der Waals surface area contributed by atoms with Gasteiger partial charge in [-0.05, 0) is 56.7 Å². The lowest BCUT2D eigenvalue weighted by Gasteiger charge is -2.13. The largest absolute Gasteiger partial charge is 0.368 e. The SMILES string of the molecule is Cc1cc(-c2c(-c3ccccc3C#N)nc(N)n3nc(NCc4cccc(C)n4)nc23)cc(C)n1. The number of aromatic nitrogens is 6. The molecular formula is C26H23N9. The highest BCUT2D eigenvalue weighted by atomic mass is 15.4. The quantitative estimate of drug-likeness (QED) is 0.397. The number of pyridine rings is 2. The molecule has 9 nitrogen and oxygen atoms in total. The number of rotatable bonds is 5. The van der Waals surface area contributed by atoms with Gasteiger partial charge in [0.1, 0.15) is 0 Å². The lowest BCUT2D eigenvalue weighted by atomic mass is 9.96. The zero-order valence-corrected chi connectivity index (χ0v) is 19.6. The maximum Gasteiger partial charge on any atom is 0.243 e. The Kier molecular flexibility index (Phi) is 5.55. The summed E-state index contributed by atoms with van der Waals surface area (Å²) in [7, 11) is 0. The number of aryl methyl sites for hydroxylation is 3. The molecule has 0 spiro atoms. The van der Waals surface area contributed by atoms with Crippen molar-refractivity contribution in [2.24, 2.45) is 0 Å². The third-order valence-corrected chi connectivity index (χ3v) is 5.56. The topological polar surface area (TPSA) is 131 Å². The van der Waals surface area contributed by atoms with Gasteiger partial charge in [0, 0.05) is 22.6 Å². The Bertz CT molecular complexity index is 1590. The highest BCUT2D eigenvalue weighted by molar-refractivity contribution is 5.92. The number of nitriles is 1. The second kappa shape index (κ2) is 8.83. The maximum atomic E-state index is 9.75. The Morgan fingerprint density at radius 1 is 0.914 bits per heavy atom. The van der Waals surface area contributed by atoms with Gasteiger partial charge in [-0.3, -0.25) is 9.97 Å². The zero-order chi connectivity index (χ0) is 24.5. The van der Waals surface area contributed by atoms with Crippen LogP contribution in [-0.4, -0.2) is 29.5 Å². The predicted octanol–water partition coefficient (Wildman–Crippen LogP) is 4.24. The Balaban J connectivity index is 1.71. The number of nitrogens with two attached hydrogens (primary N) is 1. The number of anilines is 2. The molecule has 0 aliphatic heterocycles. The van der Waals surface area contributed by atoms with E-state index in [1.54, 1.807) is 6.07 Å². The smallest absolute Gasteiger partial charge is 0.243 e. The lowest BCUT2D eigenvalue weighted by molar-refractivity contribution is 0.926. The molecule has 0 saturated heterocycles. The molecule has 0 unspecified atom stereocenters. The van der Waals surface area contributed by atoms with E-state index in [2.05, 4.69) is 31.4 Å². The standard InChI is InChI=1S/C26H23N9/c1-15-7-6-9-20(31-15)14-29-26-33-24-22(19-11-16(2)30-17(3)12-19)23(32-25(28)35(24)34-26)21-10-5-4-8-18(21)13-27/h4-12H,14H2,1-3H3,(H2,28,32)(H,29,34). The molecule has 0 bridgehead atoms. The fourth-order valence-corrected chi connectivity index (χ4v) is 4.13. The fraction of sp³-hybridized carbons (Fsp3) is 0.154. The number of benzene rings is 1. The van der Waals surface area contributed by atoms with Crippen LogP contribution in [0.3, 0.4) is 0 Å². The molecular weight excluding hydrogens is 438 g/mol. The van der Waals surface area contributed by atoms with Crippen molar-refractivity contribution < 1.29 is 0 Å². The van der Waals surface area contributed by atoms with Crippen molar-refractivity contribution in [2.45, 2.75) is 27.3 Å². The van der Waals surface area contributed by atoms with Crippen LogP contribution in [0.5, 0.6) is 0 Å². The van der Waals surface area contributed by atoms with Crippen molar-refractivity contribution in [3.8, 4) is 28.5 Å². The van der Waals surface area contributed by atoms with Gasteiger partial charge in [-0.25, -0.2) is 4.98 Å². The van der Waals surface area contributed by atoms with Gasteiger partial charge in [-0.1, -0.05) is 24.3 Å². The first-order valence-electron chi connectivity index (χ1n) is 11.1. The lowest BCUT2D eigenvalue weighted by Crippen LogP contribution is -2.07. The van der Waals surface area contributed by atoms with Crippen molar-refractivity contribution in [3.63, 3.8) is 0 Å². The van der Waals surface area contributed by atoms with Crippen molar-refractivity contribution in [3.05, 3.63) is 82.9 Å². The molecule has 4 aromatic heterocycles. The van der Waals surface area contributed by atoms with Crippen LogP contribution in [0.4, 0.5) is 11.9 Å². The van der Waals surface area contributed by atoms with Crippen LogP contribution in [0.25, 0.3) is 28.0 Å². The van der Waals surface area contributed by atoms with Crippen LogP contribution in [-0.2, 0) is 6.54 Å². The number of hydrogen-bond acceptors (Lipinski definition) is 8. The van der Waals surface area contributed by atoms with Crippen molar-refractivity contribution in [1.29, 1.82) is 5.26 Å². The molecule has 1 aromatic carbocycles. The van der Waals surface area contributed by atoms with E-state index in [4.69, 9.17) is 10.7 Å². The normalized spacial score (nSPS) is 10.9. The average molecular weight is 462 g/mol. The first kappa shape index (κ1) is 22.0. The Morgan fingerprint density at radius 3 is 2.43 bits per heavy atom. The fourth-order valence-electron chi connectivity index (χ4n) is 4.13. The number of hydrogen-bond donors (Lipinski definition) is 2. The summed E-state index contributed by atoms with van der Waals surface area (Å²) in [5, 5.41) is 17.5. The highest BCUT2D eigenvalue weighted by Crippen LogP contribution is 2.37. The molecule has 0 fully saturated rings. The molecule has 0 aliphatic rings. The van der Waals surface area contributed by atoms with Gasteiger partial charge in [-0.2, -0.15) is 14.8 Å². The molecule has 0 saturated carbocycles. The summed E-state index contributed by atoms with van der Waals surface area (Å²) >= 11 is 0. The van der Waals surface area contributed by atoms with Crippen LogP contribution in [0.15, 0.2) is 54.6 Å². The molecule has 0 radical (unpaired) electrons. The molecule has 5 rings (SSSR count). The Morgan fingerprint density at radius 2 is 1.69 bits per heavy atom. The Hall–Kier alpha value is -4.84. The summed E-state index contributed by atoms with van der Waals surface area (Å²) in [6.45, 7) is 6.28. The summed E-state index contributed by atoms with van der Waals surface area (Å²) in [6, 6.07) is 19.4. The van der Waals surface area contributed by atoms with Crippen LogP contribution >= 0.6 is 0 Å². The minimum absolute atomic E-state index is 0.170. The van der Waals surface area contributed by atoms with E-state index < -0.39 is 0 Å². The van der Waals surface area contributed by atoms with E-state index in [0.717, 1.165) is 33.9 Å². The molecule has 5 aromatic rings. The second-order valence-electron chi connectivity index (χ2n) is 8.28.